The number of rotatable bonds is 1. The standard InChI is InChI=1S/C4H8O2.CCl4/c1-3-6-4(2)5;2-1(3,4)5/h3H2,1-2H3;. The van der Waals surface area contributed by atoms with Crippen molar-refractivity contribution in [3.63, 3.8) is 0 Å². The molecule has 11 heavy (non-hydrogen) atoms. The van der Waals surface area contributed by atoms with Crippen LogP contribution in [-0.2, 0) is 9.53 Å². The van der Waals surface area contributed by atoms with Crippen molar-refractivity contribution in [2.24, 2.45) is 0 Å². The maximum absolute atomic E-state index is 9.82. The van der Waals surface area contributed by atoms with Gasteiger partial charge in [0, 0.05) is 6.92 Å². The van der Waals surface area contributed by atoms with Crippen LogP contribution in [-0.4, -0.2) is 15.8 Å². The van der Waals surface area contributed by atoms with Gasteiger partial charge in [-0.25, -0.2) is 0 Å². The summed E-state index contributed by atoms with van der Waals surface area (Å²) >= 11 is 19.3. The van der Waals surface area contributed by atoms with E-state index in [-0.39, 0.29) is 5.97 Å². The Kier molecular flexibility index (Phi) is 9.39. The minimum atomic E-state index is -1.61. The summed E-state index contributed by atoms with van der Waals surface area (Å²) in [5.74, 6) is -0.211. The van der Waals surface area contributed by atoms with Crippen molar-refractivity contribution in [1.82, 2.24) is 0 Å². The summed E-state index contributed by atoms with van der Waals surface area (Å²) in [7, 11) is 0. The van der Waals surface area contributed by atoms with Crippen LogP contribution in [0.2, 0.25) is 0 Å². The summed E-state index contributed by atoms with van der Waals surface area (Å²) in [6, 6.07) is 0. The fourth-order valence-corrected chi connectivity index (χ4v) is 0.203. The Labute approximate surface area is 85.7 Å². The van der Waals surface area contributed by atoms with Gasteiger partial charge in [-0.05, 0) is 6.92 Å². The lowest BCUT2D eigenvalue weighted by Gasteiger charge is -1.91. The predicted molar refractivity (Wildman–Crippen MR) is 48.5 cm³/mol. The van der Waals surface area contributed by atoms with Crippen LogP contribution in [0.1, 0.15) is 13.8 Å². The quantitative estimate of drug-likeness (QED) is 0.521. The molecular formula is C5H8Cl4O2. The molecule has 0 radical (unpaired) electrons. The van der Waals surface area contributed by atoms with Crippen molar-refractivity contribution in [3.8, 4) is 0 Å². The minimum absolute atomic E-state index is 0.211. The van der Waals surface area contributed by atoms with Gasteiger partial charge >= 0.3 is 5.97 Å². The molecule has 0 saturated carbocycles. The van der Waals surface area contributed by atoms with Gasteiger partial charge in [0.25, 0.3) is 3.25 Å². The average Bonchev–Trinajstić information content (AvgIpc) is 1.58. The zero-order valence-electron chi connectivity index (χ0n) is 6.04. The van der Waals surface area contributed by atoms with Crippen LogP contribution in [0.15, 0.2) is 0 Å². The number of esters is 1. The van der Waals surface area contributed by atoms with Crippen molar-refractivity contribution < 1.29 is 9.53 Å². The molecule has 0 fully saturated rings. The van der Waals surface area contributed by atoms with Crippen molar-refractivity contribution in [2.45, 2.75) is 17.1 Å². The molecule has 0 aromatic heterocycles. The zero-order chi connectivity index (χ0) is 9.49. The topological polar surface area (TPSA) is 26.3 Å². The molecule has 0 bridgehead atoms. The molecule has 0 amide bonds. The normalized spacial score (nSPS) is 9.64. The van der Waals surface area contributed by atoms with E-state index in [0.29, 0.717) is 6.61 Å². The Balaban J connectivity index is 0. The van der Waals surface area contributed by atoms with Gasteiger partial charge in [0.15, 0.2) is 0 Å². The van der Waals surface area contributed by atoms with Crippen molar-refractivity contribution >= 4 is 52.4 Å². The number of hydrogen-bond donors (Lipinski definition) is 0. The van der Waals surface area contributed by atoms with Crippen LogP contribution in [0, 0.1) is 0 Å². The van der Waals surface area contributed by atoms with Crippen LogP contribution in [0.5, 0.6) is 0 Å². The largest absolute Gasteiger partial charge is 0.466 e. The van der Waals surface area contributed by atoms with E-state index in [9.17, 15) is 4.79 Å². The van der Waals surface area contributed by atoms with E-state index in [2.05, 4.69) is 4.74 Å². The first-order valence-corrected chi connectivity index (χ1v) is 4.17. The molecule has 0 aliphatic heterocycles. The molecule has 0 N–H and O–H groups in total. The first kappa shape index (κ1) is 14.2. The van der Waals surface area contributed by atoms with E-state index in [1.165, 1.54) is 6.92 Å². The lowest BCUT2D eigenvalue weighted by molar-refractivity contribution is -0.140. The van der Waals surface area contributed by atoms with Gasteiger partial charge in [-0.3, -0.25) is 4.79 Å². The van der Waals surface area contributed by atoms with Gasteiger partial charge in [-0.15, -0.1) is 0 Å². The highest BCUT2D eigenvalue weighted by Gasteiger charge is 2.11. The molecule has 68 valence electrons. The van der Waals surface area contributed by atoms with Gasteiger partial charge in [0.05, 0.1) is 6.61 Å². The van der Waals surface area contributed by atoms with Crippen LogP contribution < -0.4 is 0 Å². The monoisotopic (exact) mass is 240 g/mol. The van der Waals surface area contributed by atoms with E-state index in [0.717, 1.165) is 0 Å². The molecule has 0 heterocycles. The Bertz CT molecular complexity index is 104. The van der Waals surface area contributed by atoms with Gasteiger partial charge in [-0.2, -0.15) is 0 Å². The highest BCUT2D eigenvalue weighted by atomic mass is 35.6. The molecule has 0 saturated heterocycles. The van der Waals surface area contributed by atoms with Gasteiger partial charge in [-0.1, -0.05) is 46.4 Å². The molecule has 0 aromatic rings. The fraction of sp³-hybridized carbons (Fsp3) is 0.800. The van der Waals surface area contributed by atoms with Crippen LogP contribution >= 0.6 is 46.4 Å². The van der Waals surface area contributed by atoms with Crippen molar-refractivity contribution in [2.75, 3.05) is 6.61 Å². The summed E-state index contributed by atoms with van der Waals surface area (Å²) < 4.78 is 2.79. The van der Waals surface area contributed by atoms with Gasteiger partial charge < -0.3 is 4.74 Å². The molecule has 0 unspecified atom stereocenters. The second-order valence-electron chi connectivity index (χ2n) is 1.35. The predicted octanol–water partition coefficient (Wildman–Crippen LogP) is 3.12. The van der Waals surface area contributed by atoms with E-state index in [1.54, 1.807) is 6.92 Å². The van der Waals surface area contributed by atoms with Crippen LogP contribution in [0.25, 0.3) is 0 Å². The Morgan fingerprint density at radius 1 is 1.36 bits per heavy atom. The lowest BCUT2D eigenvalue weighted by atomic mass is 10.8. The number of ether oxygens (including phenoxy) is 1. The third-order valence-corrected chi connectivity index (χ3v) is 0.348. The fourth-order valence-electron chi connectivity index (χ4n) is 0.203. The molecule has 2 nitrogen and oxygen atoms in total. The summed E-state index contributed by atoms with van der Waals surface area (Å²) in [6.07, 6.45) is 0. The van der Waals surface area contributed by atoms with Crippen molar-refractivity contribution in [3.05, 3.63) is 0 Å². The molecule has 0 spiro atoms. The van der Waals surface area contributed by atoms with E-state index in [4.69, 9.17) is 46.4 Å². The Morgan fingerprint density at radius 3 is 1.64 bits per heavy atom. The zero-order valence-corrected chi connectivity index (χ0v) is 9.06. The number of halogens is 4. The Hall–Kier alpha value is 0.630. The van der Waals surface area contributed by atoms with Crippen molar-refractivity contribution in [1.29, 1.82) is 0 Å². The average molecular weight is 242 g/mol. The third kappa shape index (κ3) is 60.1. The molecule has 0 atom stereocenters. The maximum Gasteiger partial charge on any atom is 0.302 e. The first-order valence-electron chi connectivity index (χ1n) is 2.66. The molecule has 6 heteroatoms. The SMILES string of the molecule is CCOC(C)=O.ClC(Cl)(Cl)Cl. The first-order chi connectivity index (χ1) is 4.77. The molecule has 0 aromatic carbocycles. The third-order valence-electron chi connectivity index (χ3n) is 0.348. The highest BCUT2D eigenvalue weighted by Crippen LogP contribution is 2.29. The summed E-state index contributed by atoms with van der Waals surface area (Å²) in [5, 5.41) is 0. The molecule has 0 rings (SSSR count). The second-order valence-corrected chi connectivity index (χ2v) is 4.78. The molecular weight excluding hydrogens is 234 g/mol. The van der Waals surface area contributed by atoms with Gasteiger partial charge in [0.2, 0.25) is 0 Å². The number of carbonyl (C=O) groups excluding carboxylic acids is 1. The van der Waals surface area contributed by atoms with Gasteiger partial charge in [0.1, 0.15) is 0 Å². The second kappa shape index (κ2) is 7.29. The summed E-state index contributed by atoms with van der Waals surface area (Å²) in [5.41, 5.74) is 0. The smallest absolute Gasteiger partial charge is 0.302 e. The van der Waals surface area contributed by atoms with Crippen LogP contribution in [0.3, 0.4) is 0 Å². The van der Waals surface area contributed by atoms with E-state index in [1.807, 2.05) is 0 Å². The lowest BCUT2D eigenvalue weighted by Crippen LogP contribution is -1.95. The summed E-state index contributed by atoms with van der Waals surface area (Å²) in [4.78, 5) is 9.82. The van der Waals surface area contributed by atoms with Crippen LogP contribution in [0.4, 0.5) is 0 Å². The maximum atomic E-state index is 9.82. The van der Waals surface area contributed by atoms with E-state index >= 15 is 0 Å². The number of carbonyl (C=O) groups is 1. The van der Waals surface area contributed by atoms with E-state index < -0.39 is 3.25 Å². The minimum Gasteiger partial charge on any atom is -0.466 e. The number of alkyl halides is 4. The molecule has 0 aliphatic carbocycles. The summed E-state index contributed by atoms with van der Waals surface area (Å²) in [6.45, 7) is 3.65. The highest BCUT2D eigenvalue weighted by molar-refractivity contribution is 6.83. The Morgan fingerprint density at radius 2 is 1.64 bits per heavy atom. The molecule has 0 aliphatic rings. The number of hydrogen-bond acceptors (Lipinski definition) is 2.